The zero-order valence-electron chi connectivity index (χ0n) is 16.3. The van der Waals surface area contributed by atoms with Gasteiger partial charge in [-0.3, -0.25) is 4.98 Å². The predicted octanol–water partition coefficient (Wildman–Crippen LogP) is 5.25. The highest BCUT2D eigenvalue weighted by molar-refractivity contribution is 9.10. The van der Waals surface area contributed by atoms with Gasteiger partial charge in [-0.1, -0.05) is 6.07 Å². The summed E-state index contributed by atoms with van der Waals surface area (Å²) >= 11 is 9.06. The van der Waals surface area contributed by atoms with Crippen LogP contribution in [0.4, 0.5) is 4.39 Å². The Balaban J connectivity index is 1.69. The molecular formula is C22H21BrFN3O2S. The predicted molar refractivity (Wildman–Crippen MR) is 120 cm³/mol. The average molecular weight is 490 g/mol. The maximum absolute atomic E-state index is 13.5. The zero-order valence-corrected chi connectivity index (χ0v) is 18.7. The summed E-state index contributed by atoms with van der Waals surface area (Å²) in [5.41, 5.74) is 1.68. The highest BCUT2D eigenvalue weighted by atomic mass is 79.9. The molecule has 5 nitrogen and oxygen atoms in total. The summed E-state index contributed by atoms with van der Waals surface area (Å²) in [5, 5.41) is 4.06. The van der Waals surface area contributed by atoms with Gasteiger partial charge in [-0.25, -0.2) is 4.39 Å². The van der Waals surface area contributed by atoms with E-state index in [1.165, 1.54) is 12.1 Å². The van der Waals surface area contributed by atoms with E-state index in [-0.39, 0.29) is 17.9 Å². The van der Waals surface area contributed by atoms with Gasteiger partial charge in [0, 0.05) is 36.5 Å². The Labute approximate surface area is 188 Å². The van der Waals surface area contributed by atoms with Crippen molar-refractivity contribution in [2.75, 3.05) is 20.3 Å². The molecule has 4 rings (SSSR count). The van der Waals surface area contributed by atoms with E-state index >= 15 is 0 Å². The second-order valence-corrected chi connectivity index (χ2v) is 8.23. The number of hydrogen-bond donors (Lipinski definition) is 1. The third-order valence-corrected chi connectivity index (χ3v) is 6.07. The van der Waals surface area contributed by atoms with Gasteiger partial charge in [-0.05, 0) is 77.0 Å². The number of nitrogens with one attached hydrogen (secondary N) is 1. The Bertz CT molecular complexity index is 1030. The van der Waals surface area contributed by atoms with Crippen LogP contribution in [-0.2, 0) is 4.74 Å². The number of furan rings is 1. The van der Waals surface area contributed by atoms with Crippen molar-refractivity contribution in [3.8, 4) is 11.3 Å². The summed E-state index contributed by atoms with van der Waals surface area (Å²) in [6, 6.07) is 13.9. The quantitative estimate of drug-likeness (QED) is 0.361. The van der Waals surface area contributed by atoms with Crippen LogP contribution in [0.3, 0.4) is 0 Å². The number of thiocarbonyl (C=S) groups is 1. The van der Waals surface area contributed by atoms with Crippen LogP contribution in [0.2, 0.25) is 0 Å². The van der Waals surface area contributed by atoms with Gasteiger partial charge in [0.25, 0.3) is 0 Å². The Kier molecular flexibility index (Phi) is 6.46. The summed E-state index contributed by atoms with van der Waals surface area (Å²) in [6.45, 7) is 1.37. The minimum absolute atomic E-state index is 0.142. The van der Waals surface area contributed by atoms with Gasteiger partial charge in [0.2, 0.25) is 0 Å². The molecule has 8 heteroatoms. The molecule has 156 valence electrons. The van der Waals surface area contributed by atoms with Crippen LogP contribution < -0.4 is 5.32 Å². The minimum Gasteiger partial charge on any atom is -0.459 e. The van der Waals surface area contributed by atoms with E-state index in [9.17, 15) is 4.39 Å². The lowest BCUT2D eigenvalue weighted by Crippen LogP contribution is -2.31. The Morgan fingerprint density at radius 2 is 2.13 bits per heavy atom. The molecule has 2 aromatic heterocycles. The van der Waals surface area contributed by atoms with Crippen molar-refractivity contribution < 1.29 is 13.5 Å². The van der Waals surface area contributed by atoms with Crippen LogP contribution in [0.15, 0.2) is 63.6 Å². The van der Waals surface area contributed by atoms with Crippen molar-refractivity contribution in [3.05, 3.63) is 76.5 Å². The zero-order chi connectivity index (χ0) is 21.1. The average Bonchev–Trinajstić information content (AvgIpc) is 3.34. The van der Waals surface area contributed by atoms with Crippen molar-refractivity contribution in [2.24, 2.45) is 0 Å². The molecule has 3 heterocycles. The van der Waals surface area contributed by atoms with Crippen molar-refractivity contribution >= 4 is 33.3 Å². The van der Waals surface area contributed by atoms with Crippen LogP contribution in [0, 0.1) is 5.82 Å². The molecule has 2 atom stereocenters. The molecule has 1 fully saturated rings. The fraction of sp³-hybridized carbons (Fsp3) is 0.273. The number of nitrogens with zero attached hydrogens (tertiary/aromatic N) is 2. The van der Waals surface area contributed by atoms with E-state index in [0.29, 0.717) is 22.0 Å². The lowest BCUT2D eigenvalue weighted by Gasteiger charge is -2.26. The second kappa shape index (κ2) is 9.24. The molecule has 0 spiro atoms. The summed E-state index contributed by atoms with van der Waals surface area (Å²) in [6.07, 6.45) is 2.61. The maximum Gasteiger partial charge on any atom is 0.170 e. The highest BCUT2D eigenvalue weighted by Crippen LogP contribution is 2.41. The molecule has 3 aromatic rings. The molecule has 1 saturated heterocycles. The molecule has 0 unspecified atom stereocenters. The van der Waals surface area contributed by atoms with E-state index in [1.807, 2.05) is 30.3 Å². The molecule has 0 bridgehead atoms. The molecule has 0 radical (unpaired) electrons. The monoisotopic (exact) mass is 489 g/mol. The number of pyridine rings is 1. The van der Waals surface area contributed by atoms with Gasteiger partial charge in [0.05, 0.1) is 11.7 Å². The van der Waals surface area contributed by atoms with Gasteiger partial charge >= 0.3 is 0 Å². The summed E-state index contributed by atoms with van der Waals surface area (Å²) in [5.74, 6) is 1.12. The topological polar surface area (TPSA) is 50.5 Å². The Hall–Kier alpha value is -2.29. The second-order valence-electron chi connectivity index (χ2n) is 6.99. The third-order valence-electron chi connectivity index (χ3n) is 5.06. The van der Waals surface area contributed by atoms with Gasteiger partial charge in [0.1, 0.15) is 23.4 Å². The smallest absolute Gasteiger partial charge is 0.170 e. The van der Waals surface area contributed by atoms with Crippen molar-refractivity contribution in [1.29, 1.82) is 0 Å². The van der Waals surface area contributed by atoms with Crippen LogP contribution >= 0.6 is 28.1 Å². The maximum atomic E-state index is 13.5. The first-order valence-corrected chi connectivity index (χ1v) is 10.8. The number of benzene rings is 1. The summed E-state index contributed by atoms with van der Waals surface area (Å²) in [7, 11) is 1.69. The van der Waals surface area contributed by atoms with E-state index < -0.39 is 0 Å². The molecule has 0 aliphatic carbocycles. The number of hydrogen-bond acceptors (Lipinski definition) is 4. The molecule has 0 amide bonds. The first-order chi connectivity index (χ1) is 14.6. The lowest BCUT2D eigenvalue weighted by molar-refractivity contribution is 0.177. The van der Waals surface area contributed by atoms with E-state index in [4.69, 9.17) is 21.4 Å². The fourth-order valence-electron chi connectivity index (χ4n) is 3.68. The molecule has 1 aliphatic heterocycles. The SMILES string of the molecule is COCCCN1C(=S)N[C@H](c2ccccn2)[C@@H]1c1ccc(-c2ccc(F)cc2Br)o1. The fourth-order valence-corrected chi connectivity index (χ4v) is 4.56. The van der Waals surface area contributed by atoms with Crippen LogP contribution in [0.25, 0.3) is 11.3 Å². The first-order valence-electron chi connectivity index (χ1n) is 9.60. The van der Waals surface area contributed by atoms with Crippen LogP contribution in [0.5, 0.6) is 0 Å². The van der Waals surface area contributed by atoms with E-state index in [1.54, 1.807) is 19.4 Å². The largest absolute Gasteiger partial charge is 0.459 e. The van der Waals surface area contributed by atoms with Gasteiger partial charge in [-0.2, -0.15) is 0 Å². The standard InChI is InChI=1S/C22H21BrFN3O2S/c1-28-12-4-11-27-21(20(26-22(27)30)17-5-2-3-10-25-17)19-9-8-18(29-19)15-7-6-14(24)13-16(15)23/h2-3,5-10,13,20-21H,4,11-12H2,1H3,(H,26,30)/t20-,21+/m1/s1. The summed E-state index contributed by atoms with van der Waals surface area (Å²) < 4.78 is 25.6. The van der Waals surface area contributed by atoms with E-state index in [2.05, 4.69) is 31.1 Å². The third kappa shape index (κ3) is 4.26. The molecular weight excluding hydrogens is 469 g/mol. The first kappa shape index (κ1) is 21.0. The number of methoxy groups -OCH3 is 1. The van der Waals surface area contributed by atoms with Crippen molar-refractivity contribution in [1.82, 2.24) is 15.2 Å². The lowest BCUT2D eigenvalue weighted by atomic mass is 10.0. The number of rotatable bonds is 7. The molecule has 30 heavy (non-hydrogen) atoms. The van der Waals surface area contributed by atoms with Crippen LogP contribution in [0.1, 0.15) is 30.0 Å². The number of aromatic nitrogens is 1. The molecule has 1 aromatic carbocycles. The van der Waals surface area contributed by atoms with Crippen molar-refractivity contribution in [2.45, 2.75) is 18.5 Å². The Morgan fingerprint density at radius 3 is 2.87 bits per heavy atom. The molecule has 0 saturated carbocycles. The van der Waals surface area contributed by atoms with Gasteiger partial charge in [0.15, 0.2) is 5.11 Å². The summed E-state index contributed by atoms with van der Waals surface area (Å²) in [4.78, 5) is 6.65. The Morgan fingerprint density at radius 1 is 1.27 bits per heavy atom. The van der Waals surface area contributed by atoms with Gasteiger partial charge < -0.3 is 19.4 Å². The van der Waals surface area contributed by atoms with Crippen LogP contribution in [-0.4, -0.2) is 35.3 Å². The normalized spacial score (nSPS) is 18.6. The molecule has 1 aliphatic rings. The van der Waals surface area contributed by atoms with E-state index in [0.717, 1.165) is 30.0 Å². The van der Waals surface area contributed by atoms with Crippen molar-refractivity contribution in [3.63, 3.8) is 0 Å². The number of ether oxygens (including phenoxy) is 1. The minimum atomic E-state index is -0.303. The number of halogens is 2. The van der Waals surface area contributed by atoms with Gasteiger partial charge in [-0.15, -0.1) is 0 Å². The molecule has 1 N–H and O–H groups in total. The highest BCUT2D eigenvalue weighted by Gasteiger charge is 2.41.